The predicted molar refractivity (Wildman–Crippen MR) is 111 cm³/mol. The van der Waals surface area contributed by atoms with Crippen molar-refractivity contribution in [2.24, 2.45) is 0 Å². The molecule has 3 rings (SSSR count). The number of halogens is 1. The number of amides is 2. The summed E-state index contributed by atoms with van der Waals surface area (Å²) in [5.41, 5.74) is 5.67. The number of thioether (sulfide) groups is 1. The van der Waals surface area contributed by atoms with Crippen LogP contribution in [0.4, 0.5) is 0 Å². The van der Waals surface area contributed by atoms with E-state index in [9.17, 15) is 9.59 Å². The first kappa shape index (κ1) is 21.5. The summed E-state index contributed by atoms with van der Waals surface area (Å²) >= 11 is 6.89. The fourth-order valence-electron chi connectivity index (χ4n) is 2.32. The van der Waals surface area contributed by atoms with Crippen LogP contribution in [0, 0.1) is 0 Å². The van der Waals surface area contributed by atoms with Crippen molar-refractivity contribution >= 4 is 35.2 Å². The number of methoxy groups -OCH3 is 2. The zero-order chi connectivity index (χ0) is 21.5. The molecule has 156 valence electrons. The molecule has 1 heterocycles. The second-order valence-corrected chi connectivity index (χ2v) is 7.10. The lowest BCUT2D eigenvalue weighted by Gasteiger charge is -2.10. The van der Waals surface area contributed by atoms with Crippen molar-refractivity contribution in [3.05, 3.63) is 53.1 Å². The van der Waals surface area contributed by atoms with Gasteiger partial charge in [-0.3, -0.25) is 20.4 Å². The number of carbonyl (C=O) groups excluding carboxylic acids is 2. The molecule has 0 aliphatic carbocycles. The minimum absolute atomic E-state index is 0.0333. The molecule has 3 aromatic rings. The molecule has 0 atom stereocenters. The molecule has 2 aromatic carbocycles. The summed E-state index contributed by atoms with van der Waals surface area (Å²) in [6.07, 6.45) is 0. The zero-order valence-electron chi connectivity index (χ0n) is 16.0. The quantitative estimate of drug-likeness (QED) is 0.418. The second kappa shape index (κ2) is 9.99. The van der Waals surface area contributed by atoms with E-state index >= 15 is 0 Å². The van der Waals surface area contributed by atoms with Crippen molar-refractivity contribution in [3.63, 3.8) is 0 Å². The van der Waals surface area contributed by atoms with Gasteiger partial charge in [0.2, 0.25) is 11.8 Å². The van der Waals surface area contributed by atoms with Crippen LogP contribution in [0.1, 0.15) is 10.4 Å². The lowest BCUT2D eigenvalue weighted by molar-refractivity contribution is -0.119. The molecule has 0 unspecified atom stereocenters. The van der Waals surface area contributed by atoms with Gasteiger partial charge in [-0.05, 0) is 42.5 Å². The van der Waals surface area contributed by atoms with Gasteiger partial charge in [0.05, 0.1) is 20.0 Å². The van der Waals surface area contributed by atoms with E-state index in [1.165, 1.54) is 20.3 Å². The van der Waals surface area contributed by atoms with Gasteiger partial charge in [0.15, 0.2) is 11.5 Å². The zero-order valence-corrected chi connectivity index (χ0v) is 17.5. The van der Waals surface area contributed by atoms with Crippen LogP contribution in [0.25, 0.3) is 11.5 Å². The fourth-order valence-corrected chi connectivity index (χ4v) is 3.01. The number of hydrazine groups is 1. The van der Waals surface area contributed by atoms with Gasteiger partial charge in [-0.25, -0.2) is 0 Å². The predicted octanol–water partition coefficient (Wildman–Crippen LogP) is 2.96. The number of carbonyl (C=O) groups is 2. The molecule has 0 radical (unpaired) electrons. The fraction of sp³-hybridized carbons (Fsp3) is 0.158. The van der Waals surface area contributed by atoms with Crippen LogP contribution in [0.2, 0.25) is 5.02 Å². The Kier molecular flexibility index (Phi) is 7.15. The van der Waals surface area contributed by atoms with Gasteiger partial charge in [-0.15, -0.1) is 10.2 Å². The van der Waals surface area contributed by atoms with Gasteiger partial charge in [0.1, 0.15) is 0 Å². The molecule has 2 amide bonds. The smallest absolute Gasteiger partial charge is 0.277 e. The highest BCUT2D eigenvalue weighted by molar-refractivity contribution is 7.99. The lowest BCUT2D eigenvalue weighted by atomic mass is 10.2. The maximum absolute atomic E-state index is 12.2. The van der Waals surface area contributed by atoms with Gasteiger partial charge in [0, 0.05) is 16.1 Å². The third-order valence-corrected chi connectivity index (χ3v) is 4.86. The summed E-state index contributed by atoms with van der Waals surface area (Å²) in [5, 5.41) is 8.64. The Bertz CT molecular complexity index is 1040. The molecule has 9 nitrogen and oxygen atoms in total. The number of aromatic nitrogens is 2. The molecular formula is C19H17ClN4O5S. The Labute approximate surface area is 181 Å². The van der Waals surface area contributed by atoms with Crippen LogP contribution >= 0.6 is 23.4 Å². The van der Waals surface area contributed by atoms with Crippen LogP contribution in [0.15, 0.2) is 52.1 Å². The molecule has 0 fully saturated rings. The van der Waals surface area contributed by atoms with E-state index in [0.717, 1.165) is 11.8 Å². The van der Waals surface area contributed by atoms with E-state index in [2.05, 4.69) is 21.0 Å². The van der Waals surface area contributed by atoms with E-state index in [1.54, 1.807) is 36.4 Å². The number of hydrogen-bond acceptors (Lipinski definition) is 8. The SMILES string of the molecule is COc1ccc(C(=O)NNC(=O)CSc2nnc(-c3ccc(Cl)cc3)o2)cc1OC. The second-order valence-electron chi connectivity index (χ2n) is 5.74. The largest absolute Gasteiger partial charge is 0.493 e. The highest BCUT2D eigenvalue weighted by Gasteiger charge is 2.14. The monoisotopic (exact) mass is 448 g/mol. The highest BCUT2D eigenvalue weighted by atomic mass is 35.5. The average molecular weight is 449 g/mol. The first-order valence-electron chi connectivity index (χ1n) is 8.53. The topological polar surface area (TPSA) is 116 Å². The summed E-state index contributed by atoms with van der Waals surface area (Å²) in [6.45, 7) is 0. The molecule has 0 saturated carbocycles. The Balaban J connectivity index is 1.49. The van der Waals surface area contributed by atoms with Gasteiger partial charge < -0.3 is 13.9 Å². The molecule has 0 aliphatic rings. The summed E-state index contributed by atoms with van der Waals surface area (Å²) in [6, 6.07) is 11.6. The van der Waals surface area contributed by atoms with Crippen LogP contribution in [0.3, 0.4) is 0 Å². The minimum Gasteiger partial charge on any atom is -0.493 e. The number of nitrogens with zero attached hydrogens (tertiary/aromatic N) is 2. The summed E-state index contributed by atoms with van der Waals surface area (Å²) in [5.74, 6) is 0.231. The van der Waals surface area contributed by atoms with Gasteiger partial charge in [-0.2, -0.15) is 0 Å². The van der Waals surface area contributed by atoms with E-state index in [4.69, 9.17) is 25.5 Å². The molecule has 2 N–H and O–H groups in total. The number of hydrogen-bond donors (Lipinski definition) is 2. The maximum Gasteiger partial charge on any atom is 0.277 e. The maximum atomic E-state index is 12.2. The highest BCUT2D eigenvalue weighted by Crippen LogP contribution is 2.27. The van der Waals surface area contributed by atoms with Crippen molar-refractivity contribution < 1.29 is 23.5 Å². The molecule has 0 spiro atoms. The summed E-state index contributed by atoms with van der Waals surface area (Å²) in [4.78, 5) is 24.2. The standard InChI is InChI=1S/C19H17ClN4O5S/c1-27-14-8-5-12(9-15(14)28-2)17(26)22-21-16(25)10-30-19-24-23-18(29-19)11-3-6-13(20)7-4-11/h3-9H,10H2,1-2H3,(H,21,25)(H,22,26). The molecular weight excluding hydrogens is 432 g/mol. The van der Waals surface area contributed by atoms with E-state index in [-0.39, 0.29) is 11.0 Å². The molecule has 30 heavy (non-hydrogen) atoms. The Morgan fingerprint density at radius 2 is 1.77 bits per heavy atom. The van der Waals surface area contributed by atoms with Gasteiger partial charge in [-0.1, -0.05) is 23.4 Å². The Hall–Kier alpha value is -3.24. The third kappa shape index (κ3) is 5.43. The summed E-state index contributed by atoms with van der Waals surface area (Å²) < 4.78 is 15.8. The number of nitrogens with one attached hydrogen (secondary N) is 2. The molecule has 0 bridgehead atoms. The van der Waals surface area contributed by atoms with Crippen molar-refractivity contribution in [1.29, 1.82) is 0 Å². The molecule has 11 heteroatoms. The van der Waals surface area contributed by atoms with Crippen molar-refractivity contribution in [2.75, 3.05) is 20.0 Å². The van der Waals surface area contributed by atoms with E-state index in [0.29, 0.717) is 33.5 Å². The van der Waals surface area contributed by atoms with Gasteiger partial charge >= 0.3 is 0 Å². The van der Waals surface area contributed by atoms with Crippen molar-refractivity contribution in [2.45, 2.75) is 5.22 Å². The van der Waals surface area contributed by atoms with Crippen LogP contribution in [-0.2, 0) is 4.79 Å². The van der Waals surface area contributed by atoms with Crippen molar-refractivity contribution in [1.82, 2.24) is 21.0 Å². The number of rotatable bonds is 7. The number of ether oxygens (including phenoxy) is 2. The van der Waals surface area contributed by atoms with Crippen LogP contribution in [0.5, 0.6) is 11.5 Å². The normalized spacial score (nSPS) is 10.4. The molecule has 1 aromatic heterocycles. The lowest BCUT2D eigenvalue weighted by Crippen LogP contribution is -2.42. The Morgan fingerprint density at radius 3 is 2.47 bits per heavy atom. The van der Waals surface area contributed by atoms with Crippen LogP contribution in [-0.4, -0.2) is 42.0 Å². The average Bonchev–Trinajstić information content (AvgIpc) is 3.25. The first-order valence-corrected chi connectivity index (χ1v) is 9.90. The first-order chi connectivity index (χ1) is 14.5. The van der Waals surface area contributed by atoms with E-state index in [1.807, 2.05) is 0 Å². The van der Waals surface area contributed by atoms with Crippen LogP contribution < -0.4 is 20.3 Å². The van der Waals surface area contributed by atoms with Gasteiger partial charge in [0.25, 0.3) is 11.1 Å². The molecule has 0 saturated heterocycles. The molecule has 0 aliphatic heterocycles. The summed E-state index contributed by atoms with van der Waals surface area (Å²) in [7, 11) is 2.96. The number of benzene rings is 2. The Morgan fingerprint density at radius 1 is 1.03 bits per heavy atom. The van der Waals surface area contributed by atoms with Crippen molar-refractivity contribution in [3.8, 4) is 23.0 Å². The third-order valence-electron chi connectivity index (χ3n) is 3.79. The minimum atomic E-state index is -0.503. The van der Waals surface area contributed by atoms with E-state index < -0.39 is 11.8 Å².